The highest BCUT2D eigenvalue weighted by Crippen LogP contribution is 2.35. The number of benzene rings is 1. The van der Waals surface area contributed by atoms with E-state index in [1.165, 1.54) is 10.5 Å². The number of nitrogens with zero attached hydrogens (tertiary/aromatic N) is 1. The molecule has 0 saturated heterocycles. The first kappa shape index (κ1) is 12.5. The lowest BCUT2D eigenvalue weighted by Crippen LogP contribution is -1.94. The molecule has 0 aliphatic carbocycles. The number of pyridine rings is 1. The summed E-state index contributed by atoms with van der Waals surface area (Å²) in [6.45, 7) is 4.07. The van der Waals surface area contributed by atoms with E-state index in [9.17, 15) is 0 Å². The fraction of sp³-hybridized carbons (Fsp3) is 0.154. The molecule has 0 aliphatic heterocycles. The number of aryl methyl sites for hydroxylation is 1. The fourth-order valence-electron chi connectivity index (χ4n) is 1.36. The molecule has 0 fully saturated rings. The minimum atomic E-state index is 0.713. The maximum atomic E-state index is 5.80. The molecule has 0 amide bonds. The molecule has 1 aromatic carbocycles. The molecule has 2 N–H and O–H groups in total. The summed E-state index contributed by atoms with van der Waals surface area (Å²) >= 11 is 5.17. The van der Waals surface area contributed by atoms with Gasteiger partial charge in [0.15, 0.2) is 0 Å². The van der Waals surface area contributed by atoms with Gasteiger partial charge in [-0.25, -0.2) is 4.98 Å². The van der Waals surface area contributed by atoms with Crippen LogP contribution < -0.4 is 5.73 Å². The highest BCUT2D eigenvalue weighted by molar-refractivity contribution is 9.10. The summed E-state index contributed by atoms with van der Waals surface area (Å²) in [7, 11) is 0. The van der Waals surface area contributed by atoms with Gasteiger partial charge in [0.2, 0.25) is 0 Å². The van der Waals surface area contributed by atoms with Crippen LogP contribution >= 0.6 is 27.7 Å². The van der Waals surface area contributed by atoms with Crippen molar-refractivity contribution in [2.75, 3.05) is 5.73 Å². The minimum absolute atomic E-state index is 0.713. The average molecular weight is 309 g/mol. The lowest BCUT2D eigenvalue weighted by molar-refractivity contribution is 1.09. The summed E-state index contributed by atoms with van der Waals surface area (Å²) in [5.74, 6) is 0. The second kappa shape index (κ2) is 5.10. The average Bonchev–Trinajstić information content (AvgIpc) is 2.33. The van der Waals surface area contributed by atoms with Gasteiger partial charge in [-0.1, -0.05) is 29.5 Å². The van der Waals surface area contributed by atoms with Crippen molar-refractivity contribution in [3.8, 4) is 0 Å². The Balaban J connectivity index is 2.30. The molecule has 2 rings (SSSR count). The van der Waals surface area contributed by atoms with Gasteiger partial charge < -0.3 is 5.73 Å². The molecule has 88 valence electrons. The summed E-state index contributed by atoms with van der Waals surface area (Å²) < 4.78 is 0.975. The number of nitrogens with two attached hydrogens (primary N) is 1. The molecule has 4 heteroatoms. The molecule has 1 aromatic heterocycles. The summed E-state index contributed by atoms with van der Waals surface area (Å²) in [4.78, 5) is 5.52. The first-order valence-electron chi connectivity index (χ1n) is 5.23. The number of aromatic nitrogens is 1. The van der Waals surface area contributed by atoms with Gasteiger partial charge in [-0.2, -0.15) is 0 Å². The van der Waals surface area contributed by atoms with Crippen LogP contribution in [-0.4, -0.2) is 4.98 Å². The molecule has 0 atom stereocenters. The van der Waals surface area contributed by atoms with Crippen molar-refractivity contribution >= 4 is 33.4 Å². The number of rotatable bonds is 2. The molecule has 2 nitrogen and oxygen atoms in total. The second-order valence-corrected chi connectivity index (χ2v) is 5.73. The summed E-state index contributed by atoms with van der Waals surface area (Å²) in [5.41, 5.74) is 8.81. The largest absolute Gasteiger partial charge is 0.397 e. The van der Waals surface area contributed by atoms with E-state index >= 15 is 0 Å². The van der Waals surface area contributed by atoms with E-state index in [0.717, 1.165) is 15.1 Å². The second-order valence-electron chi connectivity index (χ2n) is 3.87. The van der Waals surface area contributed by atoms with Crippen molar-refractivity contribution in [1.29, 1.82) is 0 Å². The number of halogens is 1. The van der Waals surface area contributed by atoms with Crippen LogP contribution in [0.25, 0.3) is 0 Å². The first-order valence-corrected chi connectivity index (χ1v) is 6.84. The van der Waals surface area contributed by atoms with E-state index < -0.39 is 0 Å². The van der Waals surface area contributed by atoms with Crippen molar-refractivity contribution in [2.24, 2.45) is 0 Å². The molecular weight excluding hydrogens is 296 g/mol. The minimum Gasteiger partial charge on any atom is -0.397 e. The third-order valence-electron chi connectivity index (χ3n) is 2.51. The fourth-order valence-corrected chi connectivity index (χ4v) is 2.78. The molecule has 0 spiro atoms. The Hall–Kier alpha value is -1.000. The quantitative estimate of drug-likeness (QED) is 0.904. The van der Waals surface area contributed by atoms with E-state index in [4.69, 9.17) is 5.73 Å². The molecule has 0 bridgehead atoms. The van der Waals surface area contributed by atoms with Crippen LogP contribution in [0, 0.1) is 13.8 Å². The van der Waals surface area contributed by atoms with Crippen LogP contribution in [0.1, 0.15) is 11.1 Å². The Bertz CT molecular complexity index is 538. The highest BCUT2D eigenvalue weighted by Gasteiger charge is 2.08. The Labute approximate surface area is 114 Å². The van der Waals surface area contributed by atoms with E-state index in [1.807, 2.05) is 6.92 Å². The van der Waals surface area contributed by atoms with Gasteiger partial charge in [0.1, 0.15) is 5.03 Å². The monoisotopic (exact) mass is 308 g/mol. The summed E-state index contributed by atoms with van der Waals surface area (Å²) in [5, 5.41) is 0.945. The van der Waals surface area contributed by atoms with Crippen LogP contribution in [0.2, 0.25) is 0 Å². The maximum absolute atomic E-state index is 5.80. The van der Waals surface area contributed by atoms with E-state index in [2.05, 4.69) is 52.1 Å². The Morgan fingerprint density at radius 3 is 2.47 bits per heavy atom. The summed E-state index contributed by atoms with van der Waals surface area (Å²) in [6, 6.07) is 8.39. The Kier molecular flexibility index (Phi) is 3.74. The zero-order chi connectivity index (χ0) is 12.4. The smallest absolute Gasteiger partial charge is 0.115 e. The van der Waals surface area contributed by atoms with E-state index in [0.29, 0.717) is 5.69 Å². The number of nitrogen functional groups attached to an aromatic ring is 1. The molecule has 0 radical (unpaired) electrons. The van der Waals surface area contributed by atoms with Crippen LogP contribution in [0.3, 0.4) is 0 Å². The maximum Gasteiger partial charge on any atom is 0.115 e. The van der Waals surface area contributed by atoms with Crippen LogP contribution in [0.15, 0.2) is 44.9 Å². The molecule has 0 aliphatic rings. The lowest BCUT2D eigenvalue weighted by atomic mass is 10.2. The Morgan fingerprint density at radius 1 is 1.18 bits per heavy atom. The van der Waals surface area contributed by atoms with Crippen molar-refractivity contribution < 1.29 is 0 Å². The van der Waals surface area contributed by atoms with Gasteiger partial charge in [0.25, 0.3) is 0 Å². The predicted octanol–water partition coefficient (Wildman–Crippen LogP) is 4.19. The third kappa shape index (κ3) is 2.82. The van der Waals surface area contributed by atoms with Gasteiger partial charge in [-0.15, -0.1) is 0 Å². The van der Waals surface area contributed by atoms with Crippen molar-refractivity contribution in [1.82, 2.24) is 4.98 Å². The van der Waals surface area contributed by atoms with Gasteiger partial charge in [-0.05, 0) is 47.5 Å². The van der Waals surface area contributed by atoms with Crippen LogP contribution in [0.4, 0.5) is 5.69 Å². The van der Waals surface area contributed by atoms with Gasteiger partial charge in [-0.3, -0.25) is 0 Å². The zero-order valence-electron chi connectivity index (χ0n) is 9.70. The number of anilines is 1. The molecule has 17 heavy (non-hydrogen) atoms. The SMILES string of the molecule is Cc1ccc(Sc2ncc(N)c(C)c2Br)cc1. The first-order chi connectivity index (χ1) is 8.08. The zero-order valence-corrected chi connectivity index (χ0v) is 12.1. The molecule has 0 unspecified atom stereocenters. The van der Waals surface area contributed by atoms with Crippen molar-refractivity contribution in [3.63, 3.8) is 0 Å². The Morgan fingerprint density at radius 2 is 1.82 bits per heavy atom. The summed E-state index contributed by atoms with van der Waals surface area (Å²) in [6.07, 6.45) is 1.70. The molecular formula is C13H13BrN2S. The van der Waals surface area contributed by atoms with Gasteiger partial charge in [0.05, 0.1) is 16.4 Å². The highest BCUT2D eigenvalue weighted by atomic mass is 79.9. The van der Waals surface area contributed by atoms with Crippen molar-refractivity contribution in [2.45, 2.75) is 23.8 Å². The predicted molar refractivity (Wildman–Crippen MR) is 76.4 cm³/mol. The molecule has 0 saturated carbocycles. The third-order valence-corrected chi connectivity index (χ3v) is 4.75. The van der Waals surface area contributed by atoms with Crippen LogP contribution in [0.5, 0.6) is 0 Å². The molecule has 2 aromatic rings. The van der Waals surface area contributed by atoms with E-state index in [-0.39, 0.29) is 0 Å². The normalized spacial score (nSPS) is 10.5. The standard InChI is InChI=1S/C13H13BrN2S/c1-8-3-5-10(6-4-8)17-13-12(14)9(2)11(15)7-16-13/h3-7H,15H2,1-2H3. The number of hydrogen-bond acceptors (Lipinski definition) is 3. The molecule has 1 heterocycles. The lowest BCUT2D eigenvalue weighted by Gasteiger charge is -2.08. The van der Waals surface area contributed by atoms with Gasteiger partial charge >= 0.3 is 0 Å². The van der Waals surface area contributed by atoms with Crippen LogP contribution in [-0.2, 0) is 0 Å². The van der Waals surface area contributed by atoms with Crippen molar-refractivity contribution in [3.05, 3.63) is 46.1 Å². The topological polar surface area (TPSA) is 38.9 Å². The van der Waals surface area contributed by atoms with Gasteiger partial charge in [0, 0.05) is 4.90 Å². The van der Waals surface area contributed by atoms with E-state index in [1.54, 1.807) is 18.0 Å². The number of hydrogen-bond donors (Lipinski definition) is 1.